The SMILES string of the molecule is CCCCOc1ccc(/C=C(\C#N)c2ccc(N=Cc3ccc(C=Nc4ccc(/C(C#N)=C\c5ccc(OCCCC)cc5)cc4)cc3)cc2)cc1. The molecule has 0 aliphatic heterocycles. The Kier molecular flexibility index (Phi) is 13.9. The smallest absolute Gasteiger partial charge is 0.119 e. The third kappa shape index (κ3) is 11.3. The molecule has 0 saturated carbocycles. The lowest BCUT2D eigenvalue weighted by atomic mass is 10.0. The maximum atomic E-state index is 9.80. The molecular weight excluding hydrogens is 641 g/mol. The molecule has 5 aromatic carbocycles. The fourth-order valence-corrected chi connectivity index (χ4v) is 5.10. The Morgan fingerprint density at radius 1 is 0.500 bits per heavy atom. The van der Waals surface area contributed by atoms with Crippen molar-refractivity contribution in [3.05, 3.63) is 155 Å². The Bertz CT molecular complexity index is 1920. The van der Waals surface area contributed by atoms with Gasteiger partial charge in [0.2, 0.25) is 0 Å². The van der Waals surface area contributed by atoms with Gasteiger partial charge in [-0.25, -0.2) is 0 Å². The number of benzene rings is 5. The van der Waals surface area contributed by atoms with Gasteiger partial charge in [0, 0.05) is 12.4 Å². The number of rotatable bonds is 16. The first-order valence-electron chi connectivity index (χ1n) is 17.6. The molecule has 0 bridgehead atoms. The lowest BCUT2D eigenvalue weighted by Crippen LogP contribution is -1.95. The molecule has 5 rings (SSSR count). The third-order valence-corrected chi connectivity index (χ3v) is 8.17. The van der Waals surface area contributed by atoms with E-state index in [0.29, 0.717) is 24.4 Å². The zero-order valence-electron chi connectivity index (χ0n) is 29.7. The van der Waals surface area contributed by atoms with E-state index in [1.165, 1.54) is 0 Å². The quantitative estimate of drug-likeness (QED) is 0.0448. The predicted octanol–water partition coefficient (Wildman–Crippen LogP) is 11.7. The maximum Gasteiger partial charge on any atom is 0.119 e. The van der Waals surface area contributed by atoms with E-state index in [-0.39, 0.29) is 0 Å². The Balaban J connectivity index is 1.14. The summed E-state index contributed by atoms with van der Waals surface area (Å²) in [6.45, 7) is 5.69. The van der Waals surface area contributed by atoms with Crippen LogP contribution in [0.5, 0.6) is 11.5 Å². The molecular formula is C46H42N4O2. The highest BCUT2D eigenvalue weighted by atomic mass is 16.5. The van der Waals surface area contributed by atoms with Gasteiger partial charge in [-0.3, -0.25) is 9.98 Å². The molecule has 5 aromatic rings. The summed E-state index contributed by atoms with van der Waals surface area (Å²) in [6.07, 6.45) is 11.6. The Labute approximate surface area is 307 Å². The van der Waals surface area contributed by atoms with Gasteiger partial charge in [-0.2, -0.15) is 10.5 Å². The number of ether oxygens (including phenoxy) is 2. The van der Waals surface area contributed by atoms with Crippen LogP contribution in [0.4, 0.5) is 11.4 Å². The number of unbranched alkanes of at least 4 members (excludes halogenated alkanes) is 2. The molecule has 0 aliphatic carbocycles. The van der Waals surface area contributed by atoms with Crippen LogP contribution in [0, 0.1) is 22.7 Å². The summed E-state index contributed by atoms with van der Waals surface area (Å²) >= 11 is 0. The Hall–Kier alpha value is -6.50. The monoisotopic (exact) mass is 682 g/mol. The van der Waals surface area contributed by atoms with Gasteiger partial charge in [-0.1, -0.05) is 99.5 Å². The van der Waals surface area contributed by atoms with Gasteiger partial charge >= 0.3 is 0 Å². The molecule has 0 spiro atoms. The van der Waals surface area contributed by atoms with Gasteiger partial charge in [0.1, 0.15) is 11.5 Å². The van der Waals surface area contributed by atoms with Crippen LogP contribution >= 0.6 is 0 Å². The number of hydrogen-bond acceptors (Lipinski definition) is 6. The van der Waals surface area contributed by atoms with Gasteiger partial charge in [-0.15, -0.1) is 0 Å². The molecule has 0 amide bonds. The number of aliphatic imine (C=N–C) groups is 2. The summed E-state index contributed by atoms with van der Waals surface area (Å²) in [5, 5.41) is 19.6. The zero-order chi connectivity index (χ0) is 36.4. The van der Waals surface area contributed by atoms with Gasteiger partial charge < -0.3 is 9.47 Å². The maximum absolute atomic E-state index is 9.80. The lowest BCUT2D eigenvalue weighted by Gasteiger charge is -2.05. The molecule has 0 atom stereocenters. The van der Waals surface area contributed by atoms with Crippen molar-refractivity contribution in [2.75, 3.05) is 13.2 Å². The Morgan fingerprint density at radius 2 is 0.846 bits per heavy atom. The van der Waals surface area contributed by atoms with E-state index in [1.807, 2.05) is 146 Å². The highest BCUT2D eigenvalue weighted by molar-refractivity contribution is 5.91. The zero-order valence-corrected chi connectivity index (χ0v) is 29.7. The molecule has 258 valence electrons. The van der Waals surface area contributed by atoms with Crippen LogP contribution in [0.1, 0.15) is 72.9 Å². The molecule has 0 N–H and O–H groups in total. The third-order valence-electron chi connectivity index (χ3n) is 8.17. The molecule has 6 nitrogen and oxygen atoms in total. The fraction of sp³-hybridized carbons (Fsp3) is 0.174. The van der Waals surface area contributed by atoms with Crippen molar-refractivity contribution >= 4 is 47.1 Å². The molecule has 0 radical (unpaired) electrons. The number of nitrogens with zero attached hydrogens (tertiary/aromatic N) is 4. The summed E-state index contributed by atoms with van der Waals surface area (Å²) in [7, 11) is 0. The molecule has 0 fully saturated rings. The van der Waals surface area contributed by atoms with E-state index < -0.39 is 0 Å². The van der Waals surface area contributed by atoms with E-state index >= 15 is 0 Å². The van der Waals surface area contributed by atoms with Crippen LogP contribution in [0.15, 0.2) is 131 Å². The van der Waals surface area contributed by atoms with E-state index in [1.54, 1.807) is 0 Å². The van der Waals surface area contributed by atoms with Crippen LogP contribution in [0.25, 0.3) is 23.3 Å². The standard InChI is InChI=1S/C46H42N4O2/c1-3-5-27-51-45-23-11-35(12-24-45)29-41(31-47)39-15-19-43(20-16-39)49-33-37-7-9-38(10-8-37)34-50-44-21-17-40(18-22-44)42(32-48)30-36-13-25-46(26-14-36)52-28-6-4-2/h7-26,29-30,33-34H,3-6,27-28H2,1-2H3/b41-29-,42-30+,49-33?,50-34?. The normalized spacial score (nSPS) is 11.8. The molecule has 0 aliphatic rings. The lowest BCUT2D eigenvalue weighted by molar-refractivity contribution is 0.309. The second-order valence-electron chi connectivity index (χ2n) is 12.2. The van der Waals surface area contributed by atoms with E-state index in [4.69, 9.17) is 9.47 Å². The van der Waals surface area contributed by atoms with Crippen molar-refractivity contribution in [2.24, 2.45) is 9.98 Å². The van der Waals surface area contributed by atoms with Crippen LogP contribution in [-0.4, -0.2) is 25.6 Å². The van der Waals surface area contributed by atoms with Crippen molar-refractivity contribution in [1.29, 1.82) is 10.5 Å². The minimum Gasteiger partial charge on any atom is -0.494 e. The summed E-state index contributed by atoms with van der Waals surface area (Å²) in [6, 6.07) is 43.5. The Morgan fingerprint density at radius 3 is 1.17 bits per heavy atom. The average Bonchev–Trinajstić information content (AvgIpc) is 3.19. The largest absolute Gasteiger partial charge is 0.494 e. The van der Waals surface area contributed by atoms with Gasteiger partial charge in [0.05, 0.1) is 47.9 Å². The minimum atomic E-state index is 0.581. The van der Waals surface area contributed by atoms with Crippen molar-refractivity contribution in [3.63, 3.8) is 0 Å². The first kappa shape index (κ1) is 36.8. The van der Waals surface area contributed by atoms with Crippen molar-refractivity contribution < 1.29 is 9.47 Å². The van der Waals surface area contributed by atoms with Crippen molar-refractivity contribution in [3.8, 4) is 23.6 Å². The highest BCUT2D eigenvalue weighted by Crippen LogP contribution is 2.24. The minimum absolute atomic E-state index is 0.581. The number of hydrogen-bond donors (Lipinski definition) is 0. The molecule has 0 aromatic heterocycles. The number of allylic oxidation sites excluding steroid dienone is 2. The number of nitriles is 2. The first-order valence-corrected chi connectivity index (χ1v) is 17.6. The molecule has 52 heavy (non-hydrogen) atoms. The van der Waals surface area contributed by atoms with Crippen LogP contribution < -0.4 is 9.47 Å². The van der Waals surface area contributed by atoms with Gasteiger partial charge in [0.25, 0.3) is 0 Å². The van der Waals surface area contributed by atoms with E-state index in [2.05, 4.69) is 36.0 Å². The highest BCUT2D eigenvalue weighted by Gasteiger charge is 2.04. The predicted molar refractivity (Wildman–Crippen MR) is 214 cm³/mol. The van der Waals surface area contributed by atoms with E-state index in [9.17, 15) is 10.5 Å². The second kappa shape index (κ2) is 19.6. The van der Waals surface area contributed by atoms with Crippen molar-refractivity contribution in [2.45, 2.75) is 39.5 Å². The summed E-state index contributed by atoms with van der Waals surface area (Å²) in [5.41, 5.74) is 8.22. The summed E-state index contributed by atoms with van der Waals surface area (Å²) in [5.74, 6) is 1.67. The fourth-order valence-electron chi connectivity index (χ4n) is 5.10. The van der Waals surface area contributed by atoms with Crippen LogP contribution in [0.2, 0.25) is 0 Å². The van der Waals surface area contributed by atoms with Gasteiger partial charge in [0.15, 0.2) is 0 Å². The van der Waals surface area contributed by atoms with Crippen molar-refractivity contribution in [1.82, 2.24) is 0 Å². The van der Waals surface area contributed by atoms with Crippen LogP contribution in [0.3, 0.4) is 0 Å². The summed E-state index contributed by atoms with van der Waals surface area (Å²) < 4.78 is 11.5. The topological polar surface area (TPSA) is 90.8 Å². The average molecular weight is 683 g/mol. The second-order valence-corrected chi connectivity index (χ2v) is 12.2. The molecule has 0 heterocycles. The van der Waals surface area contributed by atoms with Crippen LogP contribution in [-0.2, 0) is 0 Å². The van der Waals surface area contributed by atoms with E-state index in [0.717, 1.165) is 81.9 Å². The van der Waals surface area contributed by atoms with Gasteiger partial charge in [-0.05, 0) is 107 Å². The molecule has 0 saturated heterocycles. The summed E-state index contributed by atoms with van der Waals surface area (Å²) in [4.78, 5) is 9.23. The molecule has 0 unspecified atom stereocenters. The first-order chi connectivity index (χ1) is 25.6. The molecule has 6 heteroatoms.